The SMILES string of the molecule is CC(C)CCNC(=O)c1ccnc(NCCc2ccc(F)cc2)n1. The molecule has 0 saturated carbocycles. The maximum Gasteiger partial charge on any atom is 0.270 e. The highest BCUT2D eigenvalue weighted by Gasteiger charge is 2.08. The molecule has 1 heterocycles. The maximum absolute atomic E-state index is 12.9. The summed E-state index contributed by atoms with van der Waals surface area (Å²) in [5.74, 6) is 0.513. The molecule has 0 atom stereocenters. The Kier molecular flexibility index (Phi) is 6.66. The molecule has 1 aromatic carbocycles. The largest absolute Gasteiger partial charge is 0.354 e. The normalized spacial score (nSPS) is 10.7. The van der Waals surface area contributed by atoms with Crippen LogP contribution in [0.1, 0.15) is 36.3 Å². The Morgan fingerprint density at radius 2 is 1.92 bits per heavy atom. The fourth-order valence-electron chi connectivity index (χ4n) is 2.10. The van der Waals surface area contributed by atoms with E-state index in [1.807, 2.05) is 0 Å². The number of nitrogens with one attached hydrogen (secondary N) is 2. The van der Waals surface area contributed by atoms with E-state index >= 15 is 0 Å². The first-order valence-corrected chi connectivity index (χ1v) is 8.14. The Bertz CT molecular complexity index is 658. The number of anilines is 1. The van der Waals surface area contributed by atoms with E-state index in [9.17, 15) is 9.18 Å². The molecule has 0 aliphatic rings. The number of aromatic nitrogens is 2. The molecular weight excluding hydrogens is 307 g/mol. The van der Waals surface area contributed by atoms with Gasteiger partial charge in [0.05, 0.1) is 0 Å². The summed E-state index contributed by atoms with van der Waals surface area (Å²) in [6.07, 6.45) is 3.21. The first-order valence-electron chi connectivity index (χ1n) is 8.14. The molecule has 2 rings (SSSR count). The molecule has 0 aliphatic heterocycles. The quantitative estimate of drug-likeness (QED) is 0.781. The number of carbonyl (C=O) groups is 1. The minimum atomic E-state index is -0.244. The van der Waals surface area contributed by atoms with Gasteiger partial charge in [-0.3, -0.25) is 4.79 Å². The van der Waals surface area contributed by atoms with E-state index in [1.54, 1.807) is 24.4 Å². The number of nitrogens with zero attached hydrogens (tertiary/aromatic N) is 2. The molecule has 128 valence electrons. The van der Waals surface area contributed by atoms with Gasteiger partial charge in [0.15, 0.2) is 0 Å². The summed E-state index contributed by atoms with van der Waals surface area (Å²) in [5, 5.41) is 5.93. The zero-order valence-electron chi connectivity index (χ0n) is 14.1. The van der Waals surface area contributed by atoms with Crippen LogP contribution in [0.25, 0.3) is 0 Å². The average molecular weight is 330 g/mol. The van der Waals surface area contributed by atoms with Crippen LogP contribution in [0.4, 0.5) is 10.3 Å². The van der Waals surface area contributed by atoms with Crippen molar-refractivity contribution in [2.75, 3.05) is 18.4 Å². The maximum atomic E-state index is 12.9. The van der Waals surface area contributed by atoms with Crippen molar-refractivity contribution in [1.82, 2.24) is 15.3 Å². The predicted octanol–water partition coefficient (Wildman–Crippen LogP) is 3.05. The van der Waals surface area contributed by atoms with Gasteiger partial charge >= 0.3 is 0 Å². The lowest BCUT2D eigenvalue weighted by atomic mass is 10.1. The number of hydrogen-bond donors (Lipinski definition) is 2. The molecule has 1 aromatic heterocycles. The zero-order valence-corrected chi connectivity index (χ0v) is 14.1. The fourth-order valence-corrected chi connectivity index (χ4v) is 2.10. The minimum absolute atomic E-state index is 0.195. The van der Waals surface area contributed by atoms with Crippen molar-refractivity contribution in [2.24, 2.45) is 5.92 Å². The number of rotatable bonds is 8. The van der Waals surface area contributed by atoms with Crippen LogP contribution in [-0.2, 0) is 6.42 Å². The van der Waals surface area contributed by atoms with Crippen molar-refractivity contribution < 1.29 is 9.18 Å². The topological polar surface area (TPSA) is 66.9 Å². The second kappa shape index (κ2) is 8.96. The summed E-state index contributed by atoms with van der Waals surface area (Å²) >= 11 is 0. The summed E-state index contributed by atoms with van der Waals surface area (Å²) in [4.78, 5) is 20.4. The lowest BCUT2D eigenvalue weighted by molar-refractivity contribution is 0.0947. The Morgan fingerprint density at radius 1 is 1.17 bits per heavy atom. The molecule has 1 amide bonds. The highest BCUT2D eigenvalue weighted by molar-refractivity contribution is 5.92. The lowest BCUT2D eigenvalue weighted by Crippen LogP contribution is -2.26. The van der Waals surface area contributed by atoms with Crippen molar-refractivity contribution in [3.8, 4) is 0 Å². The Hall–Kier alpha value is -2.50. The molecule has 0 bridgehead atoms. The fraction of sp³-hybridized carbons (Fsp3) is 0.389. The first-order chi connectivity index (χ1) is 11.5. The van der Waals surface area contributed by atoms with Crippen molar-refractivity contribution in [3.05, 3.63) is 53.6 Å². The van der Waals surface area contributed by atoms with E-state index in [1.165, 1.54) is 12.1 Å². The summed E-state index contributed by atoms with van der Waals surface area (Å²) < 4.78 is 12.9. The summed E-state index contributed by atoms with van der Waals surface area (Å²) in [7, 11) is 0. The monoisotopic (exact) mass is 330 g/mol. The van der Waals surface area contributed by atoms with Crippen LogP contribution in [0.5, 0.6) is 0 Å². The molecular formula is C18H23FN4O. The van der Waals surface area contributed by atoms with E-state index in [0.29, 0.717) is 37.1 Å². The van der Waals surface area contributed by atoms with Crippen LogP contribution in [0.3, 0.4) is 0 Å². The molecule has 0 spiro atoms. The van der Waals surface area contributed by atoms with Gasteiger partial charge in [-0.05, 0) is 42.5 Å². The van der Waals surface area contributed by atoms with E-state index < -0.39 is 0 Å². The van der Waals surface area contributed by atoms with Gasteiger partial charge in [0, 0.05) is 19.3 Å². The third-order valence-corrected chi connectivity index (χ3v) is 3.51. The highest BCUT2D eigenvalue weighted by Crippen LogP contribution is 2.05. The molecule has 0 saturated heterocycles. The Morgan fingerprint density at radius 3 is 2.62 bits per heavy atom. The van der Waals surface area contributed by atoms with Crippen LogP contribution in [0, 0.1) is 11.7 Å². The number of halogens is 1. The summed E-state index contributed by atoms with van der Waals surface area (Å²) in [5.41, 5.74) is 1.37. The van der Waals surface area contributed by atoms with Crippen LogP contribution in [0.2, 0.25) is 0 Å². The van der Waals surface area contributed by atoms with Crippen molar-refractivity contribution in [2.45, 2.75) is 26.7 Å². The van der Waals surface area contributed by atoms with Gasteiger partial charge in [0.2, 0.25) is 5.95 Å². The van der Waals surface area contributed by atoms with Gasteiger partial charge in [-0.25, -0.2) is 14.4 Å². The number of amides is 1. The molecule has 6 heteroatoms. The van der Waals surface area contributed by atoms with Crippen LogP contribution in [-0.4, -0.2) is 29.0 Å². The van der Waals surface area contributed by atoms with Crippen LogP contribution >= 0.6 is 0 Å². The molecule has 5 nitrogen and oxygen atoms in total. The van der Waals surface area contributed by atoms with Crippen molar-refractivity contribution >= 4 is 11.9 Å². The number of benzene rings is 1. The third-order valence-electron chi connectivity index (χ3n) is 3.51. The number of hydrogen-bond acceptors (Lipinski definition) is 4. The molecule has 0 radical (unpaired) electrons. The lowest BCUT2D eigenvalue weighted by Gasteiger charge is -2.08. The standard InChI is InChI=1S/C18H23FN4O/c1-13(2)7-10-20-17(24)16-9-12-22-18(23-16)21-11-8-14-3-5-15(19)6-4-14/h3-6,9,12-13H,7-8,10-11H2,1-2H3,(H,20,24)(H,21,22,23). The van der Waals surface area contributed by atoms with E-state index in [-0.39, 0.29) is 11.7 Å². The molecule has 24 heavy (non-hydrogen) atoms. The third kappa shape index (κ3) is 5.95. The van der Waals surface area contributed by atoms with Gasteiger partial charge in [0.1, 0.15) is 11.5 Å². The number of carbonyl (C=O) groups excluding carboxylic acids is 1. The van der Waals surface area contributed by atoms with Gasteiger partial charge in [-0.15, -0.1) is 0 Å². The Balaban J connectivity index is 1.83. The summed E-state index contributed by atoms with van der Waals surface area (Å²) in [6.45, 7) is 5.46. The minimum Gasteiger partial charge on any atom is -0.354 e. The van der Waals surface area contributed by atoms with Crippen LogP contribution < -0.4 is 10.6 Å². The van der Waals surface area contributed by atoms with E-state index in [4.69, 9.17) is 0 Å². The second-order valence-corrected chi connectivity index (χ2v) is 6.01. The first kappa shape index (κ1) is 17.8. The molecule has 2 aromatic rings. The Labute approximate surface area is 141 Å². The van der Waals surface area contributed by atoms with Crippen molar-refractivity contribution in [3.63, 3.8) is 0 Å². The molecule has 0 fully saturated rings. The highest BCUT2D eigenvalue weighted by atomic mass is 19.1. The van der Waals surface area contributed by atoms with Gasteiger partial charge in [0.25, 0.3) is 5.91 Å². The van der Waals surface area contributed by atoms with Gasteiger partial charge in [-0.2, -0.15) is 0 Å². The smallest absolute Gasteiger partial charge is 0.270 e. The predicted molar refractivity (Wildman–Crippen MR) is 92.4 cm³/mol. The molecule has 0 aliphatic carbocycles. The van der Waals surface area contributed by atoms with Gasteiger partial charge < -0.3 is 10.6 Å². The summed E-state index contributed by atoms with van der Waals surface area (Å²) in [6, 6.07) is 7.96. The second-order valence-electron chi connectivity index (χ2n) is 6.01. The van der Waals surface area contributed by atoms with Gasteiger partial charge in [-0.1, -0.05) is 26.0 Å². The molecule has 2 N–H and O–H groups in total. The van der Waals surface area contributed by atoms with Crippen LogP contribution in [0.15, 0.2) is 36.5 Å². The molecule has 0 unspecified atom stereocenters. The zero-order chi connectivity index (χ0) is 17.4. The van der Waals surface area contributed by atoms with E-state index in [2.05, 4.69) is 34.4 Å². The van der Waals surface area contributed by atoms with E-state index in [0.717, 1.165) is 12.0 Å². The van der Waals surface area contributed by atoms with Crippen molar-refractivity contribution in [1.29, 1.82) is 0 Å². The average Bonchev–Trinajstić information content (AvgIpc) is 2.56.